The first-order valence-electron chi connectivity index (χ1n) is 6.81. The Balaban J connectivity index is 1.66. The van der Waals surface area contributed by atoms with Gasteiger partial charge in [0, 0.05) is 39.3 Å². The summed E-state index contributed by atoms with van der Waals surface area (Å²) in [4.78, 5) is 16.5. The lowest BCUT2D eigenvalue weighted by molar-refractivity contribution is -0.131. The number of amides is 1. The topological polar surface area (TPSA) is 35.6 Å². The molecule has 1 aromatic carbocycles. The van der Waals surface area contributed by atoms with Crippen molar-refractivity contribution < 1.29 is 4.79 Å². The quantitative estimate of drug-likeness (QED) is 0.901. The molecule has 2 saturated heterocycles. The predicted octanol–water partition coefficient (Wildman–Crippen LogP) is 1.61. The average Bonchev–Trinajstić information content (AvgIpc) is 2.44. The summed E-state index contributed by atoms with van der Waals surface area (Å²) in [5.41, 5.74) is 1.13. The Kier molecular flexibility index (Phi) is 4.17. The lowest BCUT2D eigenvalue weighted by Crippen LogP contribution is -2.63. The summed E-state index contributed by atoms with van der Waals surface area (Å²) in [5.74, 6) is 0.148. The maximum absolute atomic E-state index is 11.9. The van der Waals surface area contributed by atoms with E-state index < -0.39 is 0 Å². The van der Waals surface area contributed by atoms with E-state index in [0.29, 0.717) is 10.0 Å². The van der Waals surface area contributed by atoms with Crippen LogP contribution in [0.2, 0.25) is 10.0 Å². The van der Waals surface area contributed by atoms with Crippen molar-refractivity contribution in [2.45, 2.75) is 12.6 Å². The zero-order chi connectivity index (χ0) is 14.1. The van der Waals surface area contributed by atoms with Gasteiger partial charge in [0.25, 0.3) is 0 Å². The Hall–Kier alpha value is -0.810. The van der Waals surface area contributed by atoms with Crippen LogP contribution in [0, 0.1) is 0 Å². The van der Waals surface area contributed by atoms with Crippen molar-refractivity contribution in [3.8, 4) is 0 Å². The number of hydrogen-bond acceptors (Lipinski definition) is 3. The molecule has 1 amide bonds. The second-order valence-electron chi connectivity index (χ2n) is 5.33. The minimum atomic E-state index is -0.0136. The van der Waals surface area contributed by atoms with Crippen molar-refractivity contribution in [3.05, 3.63) is 33.8 Å². The van der Waals surface area contributed by atoms with Gasteiger partial charge in [-0.05, 0) is 17.7 Å². The van der Waals surface area contributed by atoms with Crippen LogP contribution in [-0.4, -0.2) is 54.5 Å². The fourth-order valence-electron chi connectivity index (χ4n) is 2.87. The first-order chi connectivity index (χ1) is 9.63. The number of hydrogen-bond donors (Lipinski definition) is 1. The summed E-state index contributed by atoms with van der Waals surface area (Å²) >= 11 is 12.0. The predicted molar refractivity (Wildman–Crippen MR) is 80.1 cm³/mol. The van der Waals surface area contributed by atoms with Gasteiger partial charge in [-0.1, -0.05) is 29.3 Å². The van der Waals surface area contributed by atoms with Crippen LogP contribution in [0.1, 0.15) is 5.56 Å². The van der Waals surface area contributed by atoms with Crippen LogP contribution in [0.15, 0.2) is 18.2 Å². The number of piperazine rings is 2. The van der Waals surface area contributed by atoms with E-state index in [1.807, 2.05) is 18.2 Å². The molecule has 108 valence electrons. The van der Waals surface area contributed by atoms with Gasteiger partial charge in [-0.15, -0.1) is 0 Å². The first-order valence-corrected chi connectivity index (χ1v) is 7.57. The van der Waals surface area contributed by atoms with Gasteiger partial charge in [-0.3, -0.25) is 14.6 Å². The van der Waals surface area contributed by atoms with Crippen molar-refractivity contribution >= 4 is 29.1 Å². The molecule has 0 bridgehead atoms. The Morgan fingerprint density at radius 3 is 2.85 bits per heavy atom. The van der Waals surface area contributed by atoms with Gasteiger partial charge in [0.05, 0.1) is 10.0 Å². The van der Waals surface area contributed by atoms with Crippen molar-refractivity contribution in [2.24, 2.45) is 0 Å². The van der Waals surface area contributed by atoms with Gasteiger partial charge in [0.15, 0.2) is 0 Å². The van der Waals surface area contributed by atoms with Crippen molar-refractivity contribution in [2.75, 3.05) is 32.7 Å². The smallest absolute Gasteiger partial charge is 0.238 e. The molecule has 1 aromatic rings. The fourth-order valence-corrected chi connectivity index (χ4v) is 3.19. The molecular weight excluding hydrogens is 297 g/mol. The largest absolute Gasteiger partial charge is 0.353 e. The zero-order valence-electron chi connectivity index (χ0n) is 11.1. The molecule has 2 aliphatic rings. The standard InChI is InChI=1S/C14H17Cl2N3O/c15-11-2-1-10(7-12(11)16)8-18-5-6-19-4-3-17-14(20)13(19)9-18/h1-2,7,13H,3-6,8-9H2,(H,17,20)/t13-/m0/s1. The minimum Gasteiger partial charge on any atom is -0.353 e. The van der Waals surface area contributed by atoms with E-state index in [-0.39, 0.29) is 11.9 Å². The molecule has 1 N–H and O–H groups in total. The van der Waals surface area contributed by atoms with Crippen LogP contribution >= 0.6 is 23.2 Å². The Labute approximate surface area is 128 Å². The van der Waals surface area contributed by atoms with E-state index in [0.717, 1.165) is 44.8 Å². The highest BCUT2D eigenvalue weighted by atomic mass is 35.5. The zero-order valence-corrected chi connectivity index (χ0v) is 12.6. The molecule has 0 aliphatic carbocycles. The number of rotatable bonds is 2. The highest BCUT2D eigenvalue weighted by Crippen LogP contribution is 2.24. The fraction of sp³-hybridized carbons (Fsp3) is 0.500. The van der Waals surface area contributed by atoms with Gasteiger partial charge in [-0.2, -0.15) is 0 Å². The van der Waals surface area contributed by atoms with Gasteiger partial charge in [-0.25, -0.2) is 0 Å². The normalized spacial score (nSPS) is 24.3. The third kappa shape index (κ3) is 2.93. The monoisotopic (exact) mass is 313 g/mol. The molecule has 3 rings (SSSR count). The lowest BCUT2D eigenvalue weighted by Gasteiger charge is -2.43. The molecule has 0 saturated carbocycles. The molecular formula is C14H17Cl2N3O. The molecule has 2 fully saturated rings. The number of nitrogens with one attached hydrogen (secondary N) is 1. The molecule has 6 heteroatoms. The number of halogens is 2. The van der Waals surface area contributed by atoms with Crippen LogP contribution in [0.4, 0.5) is 0 Å². The number of carbonyl (C=O) groups excluding carboxylic acids is 1. The van der Waals surface area contributed by atoms with E-state index in [9.17, 15) is 4.79 Å². The maximum atomic E-state index is 11.9. The van der Waals surface area contributed by atoms with Crippen LogP contribution < -0.4 is 5.32 Å². The number of fused-ring (bicyclic) bond motifs is 1. The summed E-state index contributed by atoms with van der Waals surface area (Å²) in [6.07, 6.45) is 0. The number of carbonyl (C=O) groups is 1. The molecule has 4 nitrogen and oxygen atoms in total. The van der Waals surface area contributed by atoms with E-state index in [1.165, 1.54) is 0 Å². The summed E-state index contributed by atoms with van der Waals surface area (Å²) in [6, 6.07) is 5.70. The van der Waals surface area contributed by atoms with Gasteiger partial charge < -0.3 is 5.32 Å². The molecule has 20 heavy (non-hydrogen) atoms. The van der Waals surface area contributed by atoms with Crippen molar-refractivity contribution in [1.29, 1.82) is 0 Å². The van der Waals surface area contributed by atoms with E-state index in [2.05, 4.69) is 15.1 Å². The Morgan fingerprint density at radius 2 is 2.05 bits per heavy atom. The van der Waals surface area contributed by atoms with E-state index in [1.54, 1.807) is 0 Å². The molecule has 2 aliphatic heterocycles. The van der Waals surface area contributed by atoms with Crippen LogP contribution in [0.25, 0.3) is 0 Å². The van der Waals surface area contributed by atoms with Gasteiger partial charge in [0.1, 0.15) is 6.04 Å². The molecule has 0 spiro atoms. The summed E-state index contributed by atoms with van der Waals surface area (Å²) < 4.78 is 0. The van der Waals surface area contributed by atoms with Gasteiger partial charge in [0.2, 0.25) is 5.91 Å². The number of benzene rings is 1. The second-order valence-corrected chi connectivity index (χ2v) is 6.14. The van der Waals surface area contributed by atoms with Crippen LogP contribution in [-0.2, 0) is 11.3 Å². The summed E-state index contributed by atoms with van der Waals surface area (Å²) in [6.45, 7) is 5.21. The molecule has 0 aromatic heterocycles. The summed E-state index contributed by atoms with van der Waals surface area (Å²) in [5, 5.41) is 4.09. The summed E-state index contributed by atoms with van der Waals surface area (Å²) in [7, 11) is 0. The van der Waals surface area contributed by atoms with E-state index in [4.69, 9.17) is 23.2 Å². The second kappa shape index (κ2) is 5.90. The third-order valence-electron chi connectivity index (χ3n) is 3.97. The molecule has 1 atom stereocenters. The van der Waals surface area contributed by atoms with E-state index >= 15 is 0 Å². The van der Waals surface area contributed by atoms with Crippen LogP contribution in [0.5, 0.6) is 0 Å². The maximum Gasteiger partial charge on any atom is 0.238 e. The molecule has 0 unspecified atom stereocenters. The first kappa shape index (κ1) is 14.1. The molecule has 0 radical (unpaired) electrons. The number of nitrogens with zero attached hydrogens (tertiary/aromatic N) is 2. The van der Waals surface area contributed by atoms with Crippen molar-refractivity contribution in [3.63, 3.8) is 0 Å². The van der Waals surface area contributed by atoms with Crippen LogP contribution in [0.3, 0.4) is 0 Å². The SMILES string of the molecule is O=C1NCCN2CCN(Cc3ccc(Cl)c(Cl)c3)C[C@@H]12. The average molecular weight is 314 g/mol. The van der Waals surface area contributed by atoms with Crippen molar-refractivity contribution in [1.82, 2.24) is 15.1 Å². The lowest BCUT2D eigenvalue weighted by atomic mass is 10.1. The van der Waals surface area contributed by atoms with Gasteiger partial charge >= 0.3 is 0 Å². The highest BCUT2D eigenvalue weighted by molar-refractivity contribution is 6.42. The Morgan fingerprint density at radius 1 is 1.20 bits per heavy atom. The highest BCUT2D eigenvalue weighted by Gasteiger charge is 2.34. The third-order valence-corrected chi connectivity index (χ3v) is 4.71. The minimum absolute atomic E-state index is 0.0136. The Bertz CT molecular complexity index is 523. The molecule has 2 heterocycles.